The zero-order valence-electron chi connectivity index (χ0n) is 10.2. The van der Waals surface area contributed by atoms with Gasteiger partial charge >= 0.3 is 6.03 Å². The summed E-state index contributed by atoms with van der Waals surface area (Å²) < 4.78 is 0. The summed E-state index contributed by atoms with van der Waals surface area (Å²) in [6, 6.07) is 0.596. The second-order valence-corrected chi connectivity index (χ2v) is 6.97. The first-order valence-corrected chi connectivity index (χ1v) is 7.30. The summed E-state index contributed by atoms with van der Waals surface area (Å²) in [7, 11) is 0. The van der Waals surface area contributed by atoms with Crippen LogP contribution in [-0.4, -0.2) is 40.6 Å². The standard InChI is InChI=1S/C12H22N2OS/c1-9-7-14(8-10(2)16-9)12(15)13-11-5-3-4-6-11/h9-11H,3-8H2,1-2H3,(H,13,15). The Balaban J connectivity index is 1.83. The molecule has 2 fully saturated rings. The van der Waals surface area contributed by atoms with Crippen LogP contribution in [-0.2, 0) is 0 Å². The van der Waals surface area contributed by atoms with Gasteiger partial charge in [0.15, 0.2) is 0 Å². The molecule has 0 bridgehead atoms. The molecule has 0 aromatic carbocycles. The molecule has 92 valence electrons. The predicted molar refractivity (Wildman–Crippen MR) is 68.9 cm³/mol. The highest BCUT2D eigenvalue weighted by Gasteiger charge is 2.27. The Morgan fingerprint density at radius 2 is 1.75 bits per heavy atom. The van der Waals surface area contributed by atoms with E-state index in [1.54, 1.807) is 0 Å². The Hall–Kier alpha value is -0.380. The second kappa shape index (κ2) is 5.30. The van der Waals surface area contributed by atoms with Crippen molar-refractivity contribution < 1.29 is 4.79 Å². The van der Waals surface area contributed by atoms with Gasteiger partial charge in [0.25, 0.3) is 0 Å². The first kappa shape index (κ1) is 12.1. The molecular formula is C12H22N2OS. The van der Waals surface area contributed by atoms with Gasteiger partial charge < -0.3 is 10.2 Å². The third-order valence-corrected chi connectivity index (χ3v) is 4.62. The quantitative estimate of drug-likeness (QED) is 0.766. The van der Waals surface area contributed by atoms with Gasteiger partial charge in [0.2, 0.25) is 0 Å². The van der Waals surface area contributed by atoms with Crippen molar-refractivity contribution in [3.63, 3.8) is 0 Å². The number of amides is 2. The maximum Gasteiger partial charge on any atom is 0.317 e. The van der Waals surface area contributed by atoms with E-state index in [4.69, 9.17) is 0 Å². The van der Waals surface area contributed by atoms with Gasteiger partial charge in [-0.1, -0.05) is 26.7 Å². The minimum atomic E-state index is 0.158. The number of carbonyl (C=O) groups is 1. The van der Waals surface area contributed by atoms with E-state index in [1.165, 1.54) is 25.7 Å². The molecule has 1 N–H and O–H groups in total. The lowest BCUT2D eigenvalue weighted by Crippen LogP contribution is -2.50. The first-order chi connectivity index (χ1) is 7.65. The fraction of sp³-hybridized carbons (Fsp3) is 0.917. The highest BCUT2D eigenvalue weighted by Crippen LogP contribution is 2.25. The maximum absolute atomic E-state index is 12.1. The summed E-state index contributed by atoms with van der Waals surface area (Å²) >= 11 is 1.98. The number of thioether (sulfide) groups is 1. The molecule has 1 saturated heterocycles. The van der Waals surface area contributed by atoms with E-state index in [1.807, 2.05) is 16.7 Å². The molecule has 3 nitrogen and oxygen atoms in total. The van der Waals surface area contributed by atoms with Crippen molar-refractivity contribution in [2.75, 3.05) is 13.1 Å². The van der Waals surface area contributed by atoms with Crippen LogP contribution in [0.5, 0.6) is 0 Å². The van der Waals surface area contributed by atoms with Crippen LogP contribution >= 0.6 is 11.8 Å². The molecule has 0 aromatic heterocycles. The average Bonchev–Trinajstić information content (AvgIpc) is 2.68. The molecule has 16 heavy (non-hydrogen) atoms. The maximum atomic E-state index is 12.1. The number of hydrogen-bond acceptors (Lipinski definition) is 2. The van der Waals surface area contributed by atoms with Crippen molar-refractivity contribution >= 4 is 17.8 Å². The lowest BCUT2D eigenvalue weighted by molar-refractivity contribution is 0.193. The Morgan fingerprint density at radius 1 is 1.19 bits per heavy atom. The molecule has 0 aromatic rings. The molecule has 1 aliphatic carbocycles. The van der Waals surface area contributed by atoms with E-state index in [0.29, 0.717) is 16.5 Å². The molecule has 4 heteroatoms. The number of nitrogens with one attached hydrogen (secondary N) is 1. The van der Waals surface area contributed by atoms with E-state index in [-0.39, 0.29) is 6.03 Å². The van der Waals surface area contributed by atoms with Crippen LogP contribution in [0.3, 0.4) is 0 Å². The molecule has 2 amide bonds. The number of urea groups is 1. The molecule has 1 saturated carbocycles. The van der Waals surface area contributed by atoms with Gasteiger partial charge in [0.1, 0.15) is 0 Å². The third kappa shape index (κ3) is 3.06. The zero-order valence-corrected chi connectivity index (χ0v) is 11.1. The summed E-state index contributed by atoms with van der Waals surface area (Å²) in [6.07, 6.45) is 4.88. The van der Waals surface area contributed by atoms with Crippen LogP contribution in [0.25, 0.3) is 0 Å². The summed E-state index contributed by atoms with van der Waals surface area (Å²) in [4.78, 5) is 14.0. The number of rotatable bonds is 1. The normalized spacial score (nSPS) is 31.8. The zero-order chi connectivity index (χ0) is 11.5. The van der Waals surface area contributed by atoms with Crippen LogP contribution in [0.1, 0.15) is 39.5 Å². The highest BCUT2D eigenvalue weighted by atomic mass is 32.2. The number of hydrogen-bond donors (Lipinski definition) is 1. The van der Waals surface area contributed by atoms with Crippen molar-refractivity contribution in [1.82, 2.24) is 10.2 Å². The minimum absolute atomic E-state index is 0.158. The van der Waals surface area contributed by atoms with Crippen molar-refractivity contribution in [3.8, 4) is 0 Å². The van der Waals surface area contributed by atoms with Gasteiger partial charge in [0.05, 0.1) is 0 Å². The molecule has 2 unspecified atom stereocenters. The van der Waals surface area contributed by atoms with Gasteiger partial charge in [0, 0.05) is 29.6 Å². The fourth-order valence-electron chi connectivity index (χ4n) is 2.68. The van der Waals surface area contributed by atoms with E-state index >= 15 is 0 Å². The molecule has 1 heterocycles. The summed E-state index contributed by atoms with van der Waals surface area (Å²) in [5.74, 6) is 0. The molecule has 1 aliphatic heterocycles. The van der Waals surface area contributed by atoms with Crippen LogP contribution in [0.4, 0.5) is 4.79 Å². The SMILES string of the molecule is CC1CN(C(=O)NC2CCCC2)CC(C)S1. The van der Waals surface area contributed by atoms with E-state index in [0.717, 1.165) is 13.1 Å². The molecule has 2 aliphatic rings. The third-order valence-electron chi connectivity index (χ3n) is 3.39. The number of nitrogens with zero attached hydrogens (tertiary/aromatic N) is 1. The fourth-order valence-corrected chi connectivity index (χ4v) is 4.00. The van der Waals surface area contributed by atoms with Crippen LogP contribution in [0.2, 0.25) is 0 Å². The molecule has 2 rings (SSSR count). The average molecular weight is 242 g/mol. The van der Waals surface area contributed by atoms with E-state index < -0.39 is 0 Å². The lowest BCUT2D eigenvalue weighted by Gasteiger charge is -2.35. The van der Waals surface area contributed by atoms with Crippen LogP contribution < -0.4 is 5.32 Å². The van der Waals surface area contributed by atoms with Crippen molar-refractivity contribution in [3.05, 3.63) is 0 Å². The second-order valence-electron chi connectivity index (χ2n) is 5.09. The molecule has 0 spiro atoms. The smallest absolute Gasteiger partial charge is 0.317 e. The van der Waals surface area contributed by atoms with Crippen molar-refractivity contribution in [1.29, 1.82) is 0 Å². The molecular weight excluding hydrogens is 220 g/mol. The Kier molecular flexibility index (Phi) is 4.00. The summed E-state index contributed by atoms with van der Waals surface area (Å²) in [5, 5.41) is 4.30. The van der Waals surface area contributed by atoms with Gasteiger partial charge in [-0.3, -0.25) is 0 Å². The van der Waals surface area contributed by atoms with Gasteiger partial charge in [-0.15, -0.1) is 0 Å². The Bertz CT molecular complexity index is 243. The Labute approximate surface area is 102 Å². The van der Waals surface area contributed by atoms with Crippen molar-refractivity contribution in [2.45, 2.75) is 56.1 Å². The van der Waals surface area contributed by atoms with E-state index in [9.17, 15) is 4.79 Å². The van der Waals surface area contributed by atoms with Gasteiger partial charge in [-0.2, -0.15) is 11.8 Å². The van der Waals surface area contributed by atoms with Crippen LogP contribution in [0, 0.1) is 0 Å². The topological polar surface area (TPSA) is 32.3 Å². The first-order valence-electron chi connectivity index (χ1n) is 6.36. The van der Waals surface area contributed by atoms with Gasteiger partial charge in [-0.25, -0.2) is 4.79 Å². The largest absolute Gasteiger partial charge is 0.335 e. The van der Waals surface area contributed by atoms with E-state index in [2.05, 4.69) is 19.2 Å². The summed E-state index contributed by atoms with van der Waals surface area (Å²) in [5.41, 5.74) is 0. The highest BCUT2D eigenvalue weighted by molar-refractivity contribution is 8.00. The summed E-state index contributed by atoms with van der Waals surface area (Å²) in [6.45, 7) is 6.20. The monoisotopic (exact) mass is 242 g/mol. The predicted octanol–water partition coefficient (Wildman–Crippen LogP) is 2.46. The number of carbonyl (C=O) groups excluding carboxylic acids is 1. The van der Waals surface area contributed by atoms with Crippen LogP contribution in [0.15, 0.2) is 0 Å². The Morgan fingerprint density at radius 3 is 2.31 bits per heavy atom. The van der Waals surface area contributed by atoms with Crippen molar-refractivity contribution in [2.24, 2.45) is 0 Å². The molecule has 0 radical (unpaired) electrons. The molecule has 2 atom stereocenters. The lowest BCUT2D eigenvalue weighted by atomic mass is 10.2. The minimum Gasteiger partial charge on any atom is -0.335 e. The van der Waals surface area contributed by atoms with Gasteiger partial charge in [-0.05, 0) is 12.8 Å².